The van der Waals surface area contributed by atoms with Crippen molar-refractivity contribution in [2.24, 2.45) is 0 Å². The Morgan fingerprint density at radius 1 is 1.47 bits per heavy atom. The summed E-state index contributed by atoms with van der Waals surface area (Å²) in [5.74, 6) is 0.888. The third kappa shape index (κ3) is 1.10. The first kappa shape index (κ1) is 8.30. The smallest absolute Gasteiger partial charge is 0.203 e. The summed E-state index contributed by atoms with van der Waals surface area (Å²) in [7, 11) is 0. The van der Waals surface area contributed by atoms with E-state index >= 15 is 0 Å². The van der Waals surface area contributed by atoms with E-state index in [9.17, 15) is 0 Å². The molecular weight excluding hydrogens is 188 g/mol. The van der Waals surface area contributed by atoms with Gasteiger partial charge in [0.15, 0.2) is 0 Å². The Morgan fingerprint density at radius 3 is 3.27 bits per heavy atom. The van der Waals surface area contributed by atoms with Crippen LogP contribution >= 0.6 is 0 Å². The standard InChI is InChI=1S/C11H10N4/c12-7-8-3-1-4-9-10(8)15-6-2-5-13-11(15)14-9/h1,3-4H,2,5-6H2,(H,13,14). The fourth-order valence-electron chi connectivity index (χ4n) is 2.07. The lowest BCUT2D eigenvalue weighted by molar-refractivity contribution is 0.642. The molecule has 2 heterocycles. The molecule has 1 aromatic carbocycles. The third-order valence-corrected chi connectivity index (χ3v) is 2.73. The van der Waals surface area contributed by atoms with Gasteiger partial charge in [-0.05, 0) is 18.6 Å². The molecule has 0 amide bonds. The highest BCUT2D eigenvalue weighted by atomic mass is 15.2. The molecule has 0 bridgehead atoms. The highest BCUT2D eigenvalue weighted by Crippen LogP contribution is 2.25. The second-order valence-electron chi connectivity index (χ2n) is 3.65. The Morgan fingerprint density at radius 2 is 2.40 bits per heavy atom. The van der Waals surface area contributed by atoms with E-state index in [4.69, 9.17) is 5.26 Å². The van der Waals surface area contributed by atoms with Crippen molar-refractivity contribution in [3.05, 3.63) is 23.8 Å². The van der Waals surface area contributed by atoms with Gasteiger partial charge >= 0.3 is 0 Å². The molecule has 0 spiro atoms. The maximum absolute atomic E-state index is 9.04. The van der Waals surface area contributed by atoms with Gasteiger partial charge in [0.1, 0.15) is 6.07 Å². The molecule has 3 rings (SSSR count). The van der Waals surface area contributed by atoms with Crippen molar-refractivity contribution in [1.29, 1.82) is 5.26 Å². The van der Waals surface area contributed by atoms with E-state index in [-0.39, 0.29) is 0 Å². The van der Waals surface area contributed by atoms with Crippen molar-refractivity contribution in [2.75, 3.05) is 11.9 Å². The number of rotatable bonds is 0. The van der Waals surface area contributed by atoms with Crippen molar-refractivity contribution < 1.29 is 0 Å². The fraction of sp³-hybridized carbons (Fsp3) is 0.273. The van der Waals surface area contributed by atoms with Crippen LogP contribution in [0.1, 0.15) is 12.0 Å². The maximum Gasteiger partial charge on any atom is 0.203 e. The molecule has 0 radical (unpaired) electrons. The van der Waals surface area contributed by atoms with Gasteiger partial charge in [-0.2, -0.15) is 5.26 Å². The molecular formula is C11H10N4. The Hall–Kier alpha value is -2.02. The number of hydrogen-bond donors (Lipinski definition) is 1. The number of nitriles is 1. The van der Waals surface area contributed by atoms with E-state index < -0.39 is 0 Å². The zero-order valence-corrected chi connectivity index (χ0v) is 8.20. The summed E-state index contributed by atoms with van der Waals surface area (Å²) in [6, 6.07) is 7.88. The molecule has 74 valence electrons. The van der Waals surface area contributed by atoms with Crippen LogP contribution in [0.3, 0.4) is 0 Å². The Balaban J connectivity index is 2.39. The Kier molecular flexibility index (Phi) is 1.65. The average Bonchev–Trinajstić information content (AvgIpc) is 2.67. The lowest BCUT2D eigenvalue weighted by Crippen LogP contribution is -2.17. The molecule has 0 saturated carbocycles. The second-order valence-corrected chi connectivity index (χ2v) is 3.65. The quantitative estimate of drug-likeness (QED) is 0.701. The zero-order chi connectivity index (χ0) is 10.3. The fourth-order valence-corrected chi connectivity index (χ4v) is 2.07. The maximum atomic E-state index is 9.04. The van der Waals surface area contributed by atoms with Crippen molar-refractivity contribution in [1.82, 2.24) is 9.55 Å². The van der Waals surface area contributed by atoms with E-state index in [1.807, 2.05) is 18.2 Å². The second kappa shape index (κ2) is 2.99. The van der Waals surface area contributed by atoms with Gasteiger partial charge in [-0.1, -0.05) is 6.07 Å². The molecule has 0 atom stereocenters. The number of nitrogens with zero attached hydrogens (tertiary/aromatic N) is 3. The normalized spacial score (nSPS) is 14.3. The number of fused-ring (bicyclic) bond motifs is 3. The molecule has 0 unspecified atom stereocenters. The molecule has 1 aliphatic rings. The van der Waals surface area contributed by atoms with Crippen molar-refractivity contribution in [3.8, 4) is 6.07 Å². The van der Waals surface area contributed by atoms with Crippen LogP contribution in [0.15, 0.2) is 18.2 Å². The van der Waals surface area contributed by atoms with Crippen LogP contribution in [-0.2, 0) is 6.54 Å². The van der Waals surface area contributed by atoms with Crippen LogP contribution in [0.25, 0.3) is 11.0 Å². The van der Waals surface area contributed by atoms with E-state index in [2.05, 4.69) is 20.9 Å². The summed E-state index contributed by atoms with van der Waals surface area (Å²) in [5, 5.41) is 12.3. The predicted octanol–water partition coefficient (Wildman–Crippen LogP) is 1.72. The van der Waals surface area contributed by atoms with Gasteiger partial charge in [0.25, 0.3) is 0 Å². The van der Waals surface area contributed by atoms with Crippen LogP contribution in [-0.4, -0.2) is 16.1 Å². The molecule has 15 heavy (non-hydrogen) atoms. The van der Waals surface area contributed by atoms with Crippen molar-refractivity contribution in [2.45, 2.75) is 13.0 Å². The molecule has 0 aliphatic carbocycles. The highest BCUT2D eigenvalue weighted by Gasteiger charge is 2.15. The van der Waals surface area contributed by atoms with E-state index in [0.29, 0.717) is 5.56 Å². The number of aromatic nitrogens is 2. The summed E-state index contributed by atoms with van der Waals surface area (Å²) in [6.45, 7) is 1.91. The Bertz CT molecular complexity index is 562. The predicted molar refractivity (Wildman–Crippen MR) is 57.6 cm³/mol. The SMILES string of the molecule is N#Cc1cccc2nc3n(c12)CCCN3. The van der Waals surface area contributed by atoms with Crippen molar-refractivity contribution >= 4 is 17.0 Å². The molecule has 1 aliphatic heterocycles. The summed E-state index contributed by atoms with van der Waals surface area (Å²) in [5.41, 5.74) is 2.57. The van der Waals surface area contributed by atoms with Gasteiger partial charge in [0.2, 0.25) is 5.95 Å². The van der Waals surface area contributed by atoms with E-state index in [1.165, 1.54) is 0 Å². The van der Waals surface area contributed by atoms with Gasteiger partial charge in [-0.25, -0.2) is 4.98 Å². The topological polar surface area (TPSA) is 53.6 Å². The molecule has 0 saturated heterocycles. The molecule has 4 nitrogen and oxygen atoms in total. The number of hydrogen-bond acceptors (Lipinski definition) is 3. The first-order valence-electron chi connectivity index (χ1n) is 5.03. The summed E-state index contributed by atoms with van der Waals surface area (Å²) in [4.78, 5) is 4.46. The van der Waals surface area contributed by atoms with Crippen LogP contribution in [0, 0.1) is 11.3 Å². The Labute approximate surface area is 87.1 Å². The summed E-state index contributed by atoms with van der Waals surface area (Å²) < 4.78 is 2.09. The number of benzene rings is 1. The largest absolute Gasteiger partial charge is 0.356 e. The minimum atomic E-state index is 0.704. The van der Waals surface area contributed by atoms with Gasteiger partial charge in [-0.3, -0.25) is 0 Å². The van der Waals surface area contributed by atoms with Gasteiger partial charge in [0.05, 0.1) is 16.6 Å². The minimum absolute atomic E-state index is 0.704. The first-order chi connectivity index (χ1) is 7.40. The molecule has 4 heteroatoms. The monoisotopic (exact) mass is 198 g/mol. The highest BCUT2D eigenvalue weighted by molar-refractivity contribution is 5.84. The van der Waals surface area contributed by atoms with Gasteiger partial charge in [-0.15, -0.1) is 0 Å². The third-order valence-electron chi connectivity index (χ3n) is 2.73. The van der Waals surface area contributed by atoms with E-state index in [1.54, 1.807) is 0 Å². The molecule has 0 fully saturated rings. The number of nitrogens with one attached hydrogen (secondary N) is 1. The van der Waals surface area contributed by atoms with Crippen molar-refractivity contribution in [3.63, 3.8) is 0 Å². The molecule has 1 aromatic heterocycles. The first-order valence-corrected chi connectivity index (χ1v) is 5.03. The van der Waals surface area contributed by atoms with Crippen LogP contribution in [0.2, 0.25) is 0 Å². The number of imidazole rings is 1. The lowest BCUT2D eigenvalue weighted by Gasteiger charge is -2.16. The molecule has 2 aromatic rings. The average molecular weight is 198 g/mol. The lowest BCUT2D eigenvalue weighted by atomic mass is 10.2. The van der Waals surface area contributed by atoms with Crippen LogP contribution < -0.4 is 5.32 Å². The minimum Gasteiger partial charge on any atom is -0.356 e. The number of para-hydroxylation sites is 1. The van der Waals surface area contributed by atoms with Gasteiger partial charge in [0, 0.05) is 13.1 Å². The van der Waals surface area contributed by atoms with Crippen LogP contribution in [0.5, 0.6) is 0 Å². The molecule has 1 N–H and O–H groups in total. The van der Waals surface area contributed by atoms with E-state index in [0.717, 1.165) is 36.5 Å². The summed E-state index contributed by atoms with van der Waals surface area (Å²) in [6.07, 6.45) is 1.08. The van der Waals surface area contributed by atoms with Gasteiger partial charge < -0.3 is 9.88 Å². The number of aryl methyl sites for hydroxylation is 1. The zero-order valence-electron chi connectivity index (χ0n) is 8.20. The van der Waals surface area contributed by atoms with Crippen LogP contribution in [0.4, 0.5) is 5.95 Å². The summed E-state index contributed by atoms with van der Waals surface area (Å²) >= 11 is 0. The number of anilines is 1.